The summed E-state index contributed by atoms with van der Waals surface area (Å²) < 4.78 is 48.2. The molecular formula is C51H93NO16P2S. The van der Waals surface area contributed by atoms with Crippen LogP contribution in [0.15, 0.2) is 48.6 Å². The van der Waals surface area contributed by atoms with Crippen LogP contribution >= 0.6 is 27.4 Å². The SMILES string of the molecule is CCCCC/C=C\C\C=C/C=C/C=C/[C@@H](SC[C@H](N)C(=O)O[C@H](COC(=O)CCCCCCCCCCCCCCCCCCC(C)C)COP(=O)(O)OC[C@@H](O)COP(=O)(O)O)[C@@H](O)CCCC(=O)O. The van der Waals surface area contributed by atoms with E-state index in [1.54, 1.807) is 18.2 Å². The minimum Gasteiger partial charge on any atom is -0.481 e. The first kappa shape index (κ1) is 68.8. The van der Waals surface area contributed by atoms with Gasteiger partial charge in [0.05, 0.1) is 25.9 Å². The zero-order chi connectivity index (χ0) is 53.0. The molecule has 414 valence electrons. The Labute approximate surface area is 430 Å². The summed E-state index contributed by atoms with van der Waals surface area (Å²) in [6, 6.07) is -1.29. The van der Waals surface area contributed by atoms with Crippen LogP contribution in [0.3, 0.4) is 0 Å². The lowest BCUT2D eigenvalue weighted by Gasteiger charge is -2.23. The average molecular weight is 1070 g/mol. The van der Waals surface area contributed by atoms with Gasteiger partial charge in [0, 0.05) is 23.8 Å². The number of carboxylic acid groups (broad SMARTS) is 1. The van der Waals surface area contributed by atoms with E-state index >= 15 is 0 Å². The number of carbonyl (C=O) groups excluding carboxylic acids is 2. The van der Waals surface area contributed by atoms with Gasteiger partial charge in [0.2, 0.25) is 0 Å². The Morgan fingerprint density at radius 3 is 1.77 bits per heavy atom. The molecule has 0 aromatic heterocycles. The molecule has 0 aliphatic carbocycles. The molecule has 0 saturated carbocycles. The second-order valence-electron chi connectivity index (χ2n) is 18.5. The summed E-state index contributed by atoms with van der Waals surface area (Å²) in [6.07, 6.45) is 37.2. The van der Waals surface area contributed by atoms with E-state index in [4.69, 9.17) is 39.1 Å². The second-order valence-corrected chi connectivity index (χ2v) is 22.4. The molecule has 0 aliphatic heterocycles. The number of carbonyl (C=O) groups is 3. The first-order chi connectivity index (χ1) is 33.8. The van der Waals surface area contributed by atoms with Crippen LogP contribution in [0.4, 0.5) is 0 Å². The normalized spacial score (nSPS) is 15.5. The molecule has 0 radical (unpaired) electrons. The highest BCUT2D eigenvalue weighted by Gasteiger charge is 2.30. The van der Waals surface area contributed by atoms with Gasteiger partial charge in [-0.05, 0) is 44.4 Å². The molecule has 71 heavy (non-hydrogen) atoms. The van der Waals surface area contributed by atoms with Gasteiger partial charge >= 0.3 is 33.6 Å². The van der Waals surface area contributed by atoms with Gasteiger partial charge in [0.15, 0.2) is 6.10 Å². The third-order valence-corrected chi connectivity index (χ3v) is 14.0. The van der Waals surface area contributed by atoms with Crippen LogP contribution in [0.1, 0.15) is 188 Å². The van der Waals surface area contributed by atoms with Crippen LogP contribution in [0, 0.1) is 5.92 Å². The summed E-state index contributed by atoms with van der Waals surface area (Å²) in [5, 5.41) is 29.3. The maximum atomic E-state index is 13.3. The number of hydrogen-bond acceptors (Lipinski definition) is 14. The van der Waals surface area contributed by atoms with E-state index in [0.717, 1.165) is 56.2 Å². The molecular weight excluding hydrogens is 977 g/mol. The van der Waals surface area contributed by atoms with Crippen LogP contribution in [-0.4, -0.2) is 110 Å². The fraction of sp³-hybridized carbons (Fsp3) is 0.784. The summed E-state index contributed by atoms with van der Waals surface area (Å²) in [6.45, 7) is 3.52. The number of ether oxygens (including phenoxy) is 2. The van der Waals surface area contributed by atoms with Gasteiger partial charge in [-0.2, -0.15) is 0 Å². The Kier molecular flexibility index (Phi) is 43.8. The topological polar surface area (TPSA) is 279 Å². The molecule has 0 fully saturated rings. The van der Waals surface area contributed by atoms with Gasteiger partial charge in [0.25, 0.3) is 0 Å². The van der Waals surface area contributed by atoms with Gasteiger partial charge in [-0.1, -0.05) is 185 Å². The molecule has 0 aromatic rings. The van der Waals surface area contributed by atoms with E-state index in [1.165, 1.54) is 96.3 Å². The lowest BCUT2D eigenvalue weighted by atomic mass is 10.0. The number of unbranched alkanes of at least 4 members (excludes halogenated alkanes) is 18. The summed E-state index contributed by atoms with van der Waals surface area (Å²) in [5.74, 6) is -1.82. The van der Waals surface area contributed by atoms with Crippen LogP contribution in [-0.2, 0) is 46.6 Å². The summed E-state index contributed by atoms with van der Waals surface area (Å²) in [7, 11) is -9.91. The summed E-state index contributed by atoms with van der Waals surface area (Å²) in [5.41, 5.74) is 6.20. The number of hydrogen-bond donors (Lipinski definition) is 7. The van der Waals surface area contributed by atoms with E-state index in [9.17, 15) is 38.6 Å². The molecule has 0 bridgehead atoms. The number of phosphoric acid groups is 2. The lowest BCUT2D eigenvalue weighted by molar-refractivity contribution is -0.161. The first-order valence-corrected chi connectivity index (χ1v) is 30.2. The highest BCUT2D eigenvalue weighted by molar-refractivity contribution is 8.00. The van der Waals surface area contributed by atoms with E-state index in [0.29, 0.717) is 6.42 Å². The molecule has 1 unspecified atom stereocenters. The fourth-order valence-corrected chi connectivity index (χ4v) is 9.30. The Bertz CT molecular complexity index is 1570. The van der Waals surface area contributed by atoms with Crippen molar-refractivity contribution in [2.75, 3.05) is 32.2 Å². The van der Waals surface area contributed by atoms with Crippen molar-refractivity contribution < 1.29 is 76.6 Å². The number of phosphoric ester groups is 2. The number of aliphatic carboxylic acids is 1. The predicted octanol–water partition coefficient (Wildman–Crippen LogP) is 11.0. The maximum absolute atomic E-state index is 13.3. The number of thioether (sulfide) groups is 1. The molecule has 0 aliphatic rings. The monoisotopic (exact) mass is 1070 g/mol. The largest absolute Gasteiger partial charge is 0.481 e. The molecule has 6 atom stereocenters. The number of aliphatic hydroxyl groups is 2. The minimum atomic E-state index is -4.97. The second kappa shape index (κ2) is 45.2. The van der Waals surface area contributed by atoms with E-state index < -0.39 is 89.6 Å². The molecule has 0 aromatic carbocycles. The predicted molar refractivity (Wildman–Crippen MR) is 282 cm³/mol. The van der Waals surface area contributed by atoms with Gasteiger partial charge in [-0.25, -0.2) is 9.13 Å². The lowest BCUT2D eigenvalue weighted by Crippen LogP contribution is -2.40. The third kappa shape index (κ3) is 47.3. The number of carboxylic acids is 1. The van der Waals surface area contributed by atoms with Crippen molar-refractivity contribution in [1.29, 1.82) is 0 Å². The standard InChI is InChI=1S/C51H93NO16P2S/c1-4-5-6-7-8-9-10-18-21-24-27-30-35-48(47(54)34-32-36-49(55)56)71-42-46(52)51(58)68-45(41-67-70(62,63)66-39-44(53)38-65-69(59,60)61)40-64-50(57)37-31-28-25-22-19-16-14-12-11-13-15-17-20-23-26-29-33-43(2)3/h8-9,18,21,24,27,30,35,43-48,53-54H,4-7,10-17,19-20,22-23,25-26,28-29,31-34,36-42,52H2,1-3H3,(H,55,56)(H,62,63)(H2,59,60,61)/b9-8-,21-18-,27-24+,35-30+/t44-,45+,46-,47-,48+/m0/s1. The zero-order valence-corrected chi connectivity index (χ0v) is 45.8. The third-order valence-electron chi connectivity index (χ3n) is 11.1. The molecule has 0 saturated heterocycles. The number of aliphatic hydroxyl groups excluding tert-OH is 2. The minimum absolute atomic E-state index is 0.0689. The van der Waals surface area contributed by atoms with Crippen LogP contribution in [0.25, 0.3) is 0 Å². The van der Waals surface area contributed by atoms with Crippen LogP contribution in [0.5, 0.6) is 0 Å². The van der Waals surface area contributed by atoms with Crippen molar-refractivity contribution in [3.63, 3.8) is 0 Å². The molecule has 8 N–H and O–H groups in total. The molecule has 17 nitrogen and oxygen atoms in total. The Hall–Kier alpha value is -2.18. The van der Waals surface area contributed by atoms with Gasteiger partial charge in [-0.3, -0.25) is 28.0 Å². The average Bonchev–Trinajstić information content (AvgIpc) is 3.31. The van der Waals surface area contributed by atoms with Crippen molar-refractivity contribution in [3.05, 3.63) is 48.6 Å². The van der Waals surface area contributed by atoms with Gasteiger partial charge < -0.3 is 45.2 Å². The van der Waals surface area contributed by atoms with Crippen molar-refractivity contribution in [2.45, 2.75) is 217 Å². The van der Waals surface area contributed by atoms with E-state index in [2.05, 4.69) is 37.4 Å². The first-order valence-electron chi connectivity index (χ1n) is 26.1. The van der Waals surface area contributed by atoms with Crippen LogP contribution < -0.4 is 5.73 Å². The highest BCUT2D eigenvalue weighted by atomic mass is 32.2. The van der Waals surface area contributed by atoms with Crippen LogP contribution in [0.2, 0.25) is 0 Å². The highest BCUT2D eigenvalue weighted by Crippen LogP contribution is 2.44. The number of rotatable bonds is 49. The zero-order valence-electron chi connectivity index (χ0n) is 43.1. The van der Waals surface area contributed by atoms with Gasteiger partial charge in [0.1, 0.15) is 18.8 Å². The van der Waals surface area contributed by atoms with E-state index in [1.807, 2.05) is 18.2 Å². The smallest absolute Gasteiger partial charge is 0.472 e. The maximum Gasteiger partial charge on any atom is 0.472 e. The number of allylic oxidation sites excluding steroid dienone is 7. The molecule has 0 spiro atoms. The quantitative estimate of drug-likeness (QED) is 0.00980. The van der Waals surface area contributed by atoms with Gasteiger partial charge in [-0.15, -0.1) is 11.8 Å². The molecule has 0 rings (SSSR count). The molecule has 0 amide bonds. The van der Waals surface area contributed by atoms with Crippen molar-refractivity contribution in [1.82, 2.24) is 0 Å². The molecule has 0 heterocycles. The summed E-state index contributed by atoms with van der Waals surface area (Å²) in [4.78, 5) is 64.9. The molecule has 20 heteroatoms. The number of nitrogens with two attached hydrogens (primary N) is 1. The van der Waals surface area contributed by atoms with Crippen molar-refractivity contribution >= 4 is 45.3 Å². The van der Waals surface area contributed by atoms with Crippen molar-refractivity contribution in [3.8, 4) is 0 Å². The Morgan fingerprint density at radius 2 is 1.20 bits per heavy atom. The summed E-state index contributed by atoms with van der Waals surface area (Å²) >= 11 is 1.14. The Morgan fingerprint density at radius 1 is 0.634 bits per heavy atom. The fourth-order valence-electron chi connectivity index (χ4n) is 7.02. The Balaban J connectivity index is 5.21. The number of esters is 2. The van der Waals surface area contributed by atoms with E-state index in [-0.39, 0.29) is 31.4 Å². The van der Waals surface area contributed by atoms with Crippen molar-refractivity contribution in [2.24, 2.45) is 11.7 Å².